The first-order valence-electron chi connectivity index (χ1n) is 9.69. The van der Waals surface area contributed by atoms with Gasteiger partial charge >= 0.3 is 0 Å². The first-order chi connectivity index (χ1) is 14.5. The van der Waals surface area contributed by atoms with Crippen molar-refractivity contribution in [3.63, 3.8) is 0 Å². The Kier molecular flexibility index (Phi) is 6.69. The minimum atomic E-state index is -2.00. The number of benzene rings is 1. The zero-order valence-corrected chi connectivity index (χ0v) is 19.2. The minimum Gasteiger partial charge on any atom is -0.439 e. The Balaban J connectivity index is 1.94. The van der Waals surface area contributed by atoms with E-state index in [-0.39, 0.29) is 27.2 Å². The number of aromatic nitrogens is 1. The molecule has 0 saturated heterocycles. The fourth-order valence-electron chi connectivity index (χ4n) is 3.04. The molecule has 1 heterocycles. The van der Waals surface area contributed by atoms with E-state index in [1.54, 1.807) is 27.7 Å². The van der Waals surface area contributed by atoms with Gasteiger partial charge in [-0.15, -0.1) is 21.9 Å². The molecule has 164 valence electrons. The highest BCUT2D eigenvalue weighted by atomic mass is 32.2. The third-order valence-corrected chi connectivity index (χ3v) is 7.25. The van der Waals surface area contributed by atoms with Crippen LogP contribution in [0.3, 0.4) is 0 Å². The molecule has 0 spiro atoms. The third kappa shape index (κ3) is 5.23. The molecule has 1 aromatic carbocycles. The number of amides is 1. The molecule has 7 nitrogen and oxygen atoms in total. The summed E-state index contributed by atoms with van der Waals surface area (Å²) in [7, 11) is -2.00. The summed E-state index contributed by atoms with van der Waals surface area (Å²) in [5.74, 6) is -1.55. The fraction of sp³-hybridized carbons (Fsp3) is 0.429. The molecule has 10 heteroatoms. The lowest BCUT2D eigenvalue weighted by Gasteiger charge is -2.16. The Labute approximate surface area is 185 Å². The van der Waals surface area contributed by atoms with Gasteiger partial charge in [0.25, 0.3) is 5.91 Å². The van der Waals surface area contributed by atoms with E-state index in [1.807, 2.05) is 6.07 Å². The van der Waals surface area contributed by atoms with Crippen molar-refractivity contribution in [2.75, 3.05) is 0 Å². The van der Waals surface area contributed by atoms with Gasteiger partial charge in [0.1, 0.15) is 22.5 Å². The van der Waals surface area contributed by atoms with E-state index in [0.29, 0.717) is 10.7 Å². The van der Waals surface area contributed by atoms with E-state index >= 15 is 0 Å². The molecule has 1 aliphatic rings. The number of nitrogens with zero attached hydrogens (tertiary/aromatic N) is 4. The molecule has 31 heavy (non-hydrogen) atoms. The SMILES string of the molecule is CC(C)c1c(F)c(C#N)cc(C2CC2)c1N=CC(=O)N=[S-](=O)c1cnc(C(C)(C)O)s1. The molecule has 1 aromatic heterocycles. The molecule has 1 fully saturated rings. The van der Waals surface area contributed by atoms with Crippen LogP contribution in [0.4, 0.5) is 10.1 Å². The molecule has 3 rings (SSSR count). The maximum absolute atomic E-state index is 14.8. The van der Waals surface area contributed by atoms with Gasteiger partial charge in [0, 0.05) is 11.8 Å². The summed E-state index contributed by atoms with van der Waals surface area (Å²) in [4.78, 5) is 20.5. The van der Waals surface area contributed by atoms with E-state index in [9.17, 15) is 23.8 Å². The van der Waals surface area contributed by atoms with Crippen LogP contribution in [-0.4, -0.2) is 22.2 Å². The van der Waals surface area contributed by atoms with Crippen molar-refractivity contribution in [1.29, 1.82) is 5.26 Å². The Morgan fingerprint density at radius 2 is 2.16 bits per heavy atom. The molecule has 1 N–H and O–H groups in total. The topological polar surface area (TPSA) is 116 Å². The monoisotopic (exact) mass is 461 g/mol. The van der Waals surface area contributed by atoms with Crippen LogP contribution >= 0.6 is 11.3 Å². The number of thiazole rings is 1. The Hall–Kier alpha value is -2.48. The summed E-state index contributed by atoms with van der Waals surface area (Å²) in [6.07, 6.45) is 4.05. The van der Waals surface area contributed by atoms with Crippen molar-refractivity contribution in [3.05, 3.63) is 39.8 Å². The van der Waals surface area contributed by atoms with Crippen LogP contribution in [-0.2, 0) is 25.2 Å². The highest BCUT2D eigenvalue weighted by Gasteiger charge is 2.30. The predicted molar refractivity (Wildman–Crippen MR) is 116 cm³/mol. The van der Waals surface area contributed by atoms with Crippen molar-refractivity contribution in [3.8, 4) is 6.07 Å². The van der Waals surface area contributed by atoms with Gasteiger partial charge in [-0.05, 0) is 54.4 Å². The van der Waals surface area contributed by atoms with Crippen molar-refractivity contribution in [2.24, 2.45) is 9.36 Å². The van der Waals surface area contributed by atoms with Crippen LogP contribution in [0, 0.1) is 17.1 Å². The highest BCUT2D eigenvalue weighted by molar-refractivity contribution is 7.78. The number of halogens is 1. The number of aliphatic imine (C=N–C) groups is 1. The standard InChI is InChI=1S/C21H22FN4O3S2/c1-11(2)17-18(22)13(8-23)7-14(12-5-6-12)19(17)24-9-15(27)26-31(29)16-10-25-20(30-16)21(3,4)28/h7,9-12,28H,5-6H2,1-4H3/q-1. The fourth-order valence-corrected chi connectivity index (χ4v) is 4.77. The Morgan fingerprint density at radius 1 is 1.48 bits per heavy atom. The van der Waals surface area contributed by atoms with Crippen LogP contribution in [0.2, 0.25) is 0 Å². The lowest BCUT2D eigenvalue weighted by molar-refractivity contribution is -0.111. The molecule has 0 aliphatic heterocycles. The summed E-state index contributed by atoms with van der Waals surface area (Å²) in [5.41, 5.74) is 0.137. The van der Waals surface area contributed by atoms with Crippen LogP contribution in [0.25, 0.3) is 0 Å². The number of carbonyl (C=O) groups is 1. The zero-order chi connectivity index (χ0) is 22.9. The summed E-state index contributed by atoms with van der Waals surface area (Å²) in [6, 6.07) is 3.39. The second-order valence-corrected chi connectivity index (χ2v) is 10.5. The van der Waals surface area contributed by atoms with Gasteiger partial charge in [-0.2, -0.15) is 5.26 Å². The minimum absolute atomic E-state index is 0.0329. The number of aliphatic hydroxyl groups is 1. The second kappa shape index (κ2) is 8.94. The maximum atomic E-state index is 14.8. The molecule has 1 aliphatic carbocycles. The summed E-state index contributed by atoms with van der Waals surface area (Å²) < 4.78 is 31.0. The van der Waals surface area contributed by atoms with Crippen molar-refractivity contribution < 1.29 is 18.5 Å². The van der Waals surface area contributed by atoms with E-state index in [0.717, 1.165) is 36.0 Å². The van der Waals surface area contributed by atoms with Gasteiger partial charge < -0.3 is 13.7 Å². The molecule has 1 saturated carbocycles. The predicted octanol–water partition coefficient (Wildman–Crippen LogP) is 4.82. The first kappa shape index (κ1) is 23.2. The number of hydrogen-bond acceptors (Lipinski definition) is 8. The molecule has 2 aromatic rings. The average Bonchev–Trinajstić information content (AvgIpc) is 3.39. The van der Waals surface area contributed by atoms with Crippen LogP contribution in [0.5, 0.6) is 0 Å². The summed E-state index contributed by atoms with van der Waals surface area (Å²) in [6.45, 7) is 6.68. The van der Waals surface area contributed by atoms with Crippen LogP contribution in [0.1, 0.15) is 74.1 Å². The van der Waals surface area contributed by atoms with E-state index < -0.39 is 27.9 Å². The van der Waals surface area contributed by atoms with Crippen molar-refractivity contribution in [1.82, 2.24) is 4.98 Å². The van der Waals surface area contributed by atoms with Crippen LogP contribution < -0.4 is 0 Å². The third-order valence-electron chi connectivity index (χ3n) is 4.67. The first-order valence-corrected chi connectivity index (χ1v) is 11.6. The maximum Gasteiger partial charge on any atom is 0.265 e. The molecule has 0 unspecified atom stereocenters. The van der Waals surface area contributed by atoms with Gasteiger partial charge in [-0.1, -0.05) is 13.8 Å². The summed E-state index contributed by atoms with van der Waals surface area (Å²) in [5, 5.41) is 19.6. The van der Waals surface area contributed by atoms with Gasteiger partial charge in [0.2, 0.25) is 0 Å². The van der Waals surface area contributed by atoms with E-state index in [4.69, 9.17) is 0 Å². The summed E-state index contributed by atoms with van der Waals surface area (Å²) >= 11 is 0.999. The number of carbonyl (C=O) groups excluding carboxylic acids is 1. The molecule has 0 atom stereocenters. The molecule has 0 radical (unpaired) electrons. The van der Waals surface area contributed by atoms with Crippen LogP contribution in [0.15, 0.2) is 25.8 Å². The normalized spacial score (nSPS) is 15.5. The van der Waals surface area contributed by atoms with Gasteiger partial charge in [0.15, 0.2) is 0 Å². The largest absolute Gasteiger partial charge is 0.439 e. The molecular weight excluding hydrogens is 439 g/mol. The zero-order valence-electron chi connectivity index (χ0n) is 17.5. The van der Waals surface area contributed by atoms with Gasteiger partial charge in [-0.25, -0.2) is 9.37 Å². The van der Waals surface area contributed by atoms with Crippen molar-refractivity contribution >= 4 is 39.7 Å². The molecule has 0 bridgehead atoms. The van der Waals surface area contributed by atoms with Gasteiger partial charge in [0.05, 0.1) is 17.5 Å². The van der Waals surface area contributed by atoms with E-state index in [2.05, 4.69) is 14.3 Å². The second-order valence-electron chi connectivity index (χ2n) is 8.11. The lowest BCUT2D eigenvalue weighted by Crippen LogP contribution is -2.14. The van der Waals surface area contributed by atoms with Gasteiger partial charge in [-0.3, -0.25) is 9.79 Å². The number of rotatable bonds is 6. The Bertz CT molecular complexity index is 1180. The number of hydrogen-bond donors (Lipinski definition) is 1. The molecular formula is C21H22FN4O3S2-. The van der Waals surface area contributed by atoms with Crippen molar-refractivity contribution in [2.45, 2.75) is 62.2 Å². The molecule has 1 amide bonds. The average molecular weight is 462 g/mol. The lowest BCUT2D eigenvalue weighted by atomic mass is 9.92. The highest BCUT2D eigenvalue weighted by Crippen LogP contribution is 2.48. The number of nitriles is 1. The van der Waals surface area contributed by atoms with E-state index in [1.165, 1.54) is 12.3 Å². The Morgan fingerprint density at radius 3 is 2.68 bits per heavy atom. The smallest absolute Gasteiger partial charge is 0.265 e. The quantitative estimate of drug-likeness (QED) is 0.489.